The number of hydrogen-bond acceptors (Lipinski definition) is 3. The summed E-state index contributed by atoms with van der Waals surface area (Å²) >= 11 is 0. The summed E-state index contributed by atoms with van der Waals surface area (Å²) in [5, 5.41) is 18.6. The number of aromatic hydroxyl groups is 2. The maximum Gasteiger partial charge on any atom is 0.157 e. The predicted octanol–water partition coefficient (Wildman–Crippen LogP) is 3.88. The molecular formula is C19H20O3. The van der Waals surface area contributed by atoms with Crippen LogP contribution in [0.3, 0.4) is 0 Å². The molecule has 0 aliphatic rings. The SMILES string of the molecule is CCc1ccc(CCC(=O)/C=C/c2ccc(O)c(O)c2)cc1. The Morgan fingerprint density at radius 3 is 2.32 bits per heavy atom. The van der Waals surface area contributed by atoms with E-state index in [2.05, 4.69) is 31.2 Å². The van der Waals surface area contributed by atoms with E-state index in [0.29, 0.717) is 18.4 Å². The van der Waals surface area contributed by atoms with Crippen molar-refractivity contribution in [2.45, 2.75) is 26.2 Å². The van der Waals surface area contributed by atoms with Crippen molar-refractivity contribution in [3.63, 3.8) is 0 Å². The fraction of sp³-hybridized carbons (Fsp3) is 0.211. The van der Waals surface area contributed by atoms with Crippen molar-refractivity contribution in [3.8, 4) is 11.5 Å². The number of benzene rings is 2. The minimum Gasteiger partial charge on any atom is -0.504 e. The standard InChI is InChI=1S/C19H20O3/c1-2-14-3-5-15(6-4-14)7-10-17(20)11-8-16-9-12-18(21)19(22)13-16/h3-6,8-9,11-13,21-22H,2,7,10H2,1H3/b11-8+. The van der Waals surface area contributed by atoms with Crippen molar-refractivity contribution in [1.29, 1.82) is 0 Å². The average molecular weight is 296 g/mol. The quantitative estimate of drug-likeness (QED) is 0.628. The summed E-state index contributed by atoms with van der Waals surface area (Å²) in [5.74, 6) is -0.322. The van der Waals surface area contributed by atoms with E-state index < -0.39 is 0 Å². The predicted molar refractivity (Wildman–Crippen MR) is 88.0 cm³/mol. The number of phenolic OH excluding ortho intramolecular Hbond substituents is 2. The Morgan fingerprint density at radius 2 is 1.68 bits per heavy atom. The zero-order valence-corrected chi connectivity index (χ0v) is 12.6. The monoisotopic (exact) mass is 296 g/mol. The first-order valence-electron chi connectivity index (χ1n) is 7.39. The van der Waals surface area contributed by atoms with Gasteiger partial charge < -0.3 is 10.2 Å². The summed E-state index contributed by atoms with van der Waals surface area (Å²) in [6.07, 6.45) is 5.33. The van der Waals surface area contributed by atoms with Gasteiger partial charge in [-0.15, -0.1) is 0 Å². The van der Waals surface area contributed by atoms with Gasteiger partial charge in [0.1, 0.15) is 0 Å². The topological polar surface area (TPSA) is 57.5 Å². The smallest absolute Gasteiger partial charge is 0.157 e. The van der Waals surface area contributed by atoms with Crippen LogP contribution in [0.25, 0.3) is 6.08 Å². The van der Waals surface area contributed by atoms with Crippen LogP contribution >= 0.6 is 0 Å². The van der Waals surface area contributed by atoms with Crippen LogP contribution in [-0.4, -0.2) is 16.0 Å². The van der Waals surface area contributed by atoms with Gasteiger partial charge in [0, 0.05) is 6.42 Å². The summed E-state index contributed by atoms with van der Waals surface area (Å²) in [6.45, 7) is 2.12. The van der Waals surface area contributed by atoms with Crippen molar-refractivity contribution in [3.05, 3.63) is 65.2 Å². The molecule has 0 radical (unpaired) electrons. The lowest BCUT2D eigenvalue weighted by molar-refractivity contribution is -0.114. The molecule has 0 aliphatic carbocycles. The van der Waals surface area contributed by atoms with Crippen molar-refractivity contribution in [1.82, 2.24) is 0 Å². The molecule has 0 unspecified atom stereocenters. The van der Waals surface area contributed by atoms with Crippen LogP contribution in [0.15, 0.2) is 48.5 Å². The Kier molecular flexibility index (Phi) is 5.37. The molecule has 3 nitrogen and oxygen atoms in total. The van der Waals surface area contributed by atoms with Gasteiger partial charge in [0.15, 0.2) is 17.3 Å². The number of carbonyl (C=O) groups excluding carboxylic acids is 1. The van der Waals surface area contributed by atoms with Gasteiger partial charge >= 0.3 is 0 Å². The fourth-order valence-corrected chi connectivity index (χ4v) is 2.13. The van der Waals surface area contributed by atoms with Crippen LogP contribution in [0.2, 0.25) is 0 Å². The molecule has 0 fully saturated rings. The molecule has 22 heavy (non-hydrogen) atoms. The van der Waals surface area contributed by atoms with Gasteiger partial charge in [0.05, 0.1) is 0 Å². The molecule has 114 valence electrons. The third kappa shape index (κ3) is 4.48. The Balaban J connectivity index is 1.89. The van der Waals surface area contributed by atoms with Crippen molar-refractivity contribution in [2.75, 3.05) is 0 Å². The Morgan fingerprint density at radius 1 is 1.00 bits per heavy atom. The average Bonchev–Trinajstić information content (AvgIpc) is 2.54. The van der Waals surface area contributed by atoms with E-state index in [0.717, 1.165) is 12.0 Å². The zero-order valence-electron chi connectivity index (χ0n) is 12.6. The number of ketones is 1. The number of hydrogen-bond donors (Lipinski definition) is 2. The van der Waals surface area contributed by atoms with Gasteiger partial charge in [-0.05, 0) is 47.7 Å². The van der Waals surface area contributed by atoms with Crippen LogP contribution < -0.4 is 0 Å². The molecule has 0 saturated carbocycles. The van der Waals surface area contributed by atoms with E-state index in [1.165, 1.54) is 23.8 Å². The van der Waals surface area contributed by atoms with E-state index in [1.807, 2.05) is 0 Å². The van der Waals surface area contributed by atoms with Gasteiger partial charge in [0.25, 0.3) is 0 Å². The molecule has 0 saturated heterocycles. The lowest BCUT2D eigenvalue weighted by Gasteiger charge is -2.01. The molecule has 0 heterocycles. The van der Waals surface area contributed by atoms with E-state index in [1.54, 1.807) is 12.1 Å². The van der Waals surface area contributed by atoms with Gasteiger partial charge in [-0.1, -0.05) is 43.3 Å². The minimum absolute atomic E-state index is 0.0344. The van der Waals surface area contributed by atoms with Crippen molar-refractivity contribution in [2.24, 2.45) is 0 Å². The third-order valence-corrected chi connectivity index (χ3v) is 3.55. The number of allylic oxidation sites excluding steroid dienone is 1. The van der Waals surface area contributed by atoms with Crippen LogP contribution in [0.4, 0.5) is 0 Å². The van der Waals surface area contributed by atoms with Crippen LogP contribution in [0, 0.1) is 0 Å². The lowest BCUT2D eigenvalue weighted by Crippen LogP contribution is -1.96. The molecule has 0 aliphatic heterocycles. The van der Waals surface area contributed by atoms with Gasteiger partial charge in [0.2, 0.25) is 0 Å². The Bertz CT molecular complexity index is 670. The first-order chi connectivity index (χ1) is 10.6. The highest BCUT2D eigenvalue weighted by Crippen LogP contribution is 2.25. The summed E-state index contributed by atoms with van der Waals surface area (Å²) in [7, 11) is 0. The fourth-order valence-electron chi connectivity index (χ4n) is 2.13. The summed E-state index contributed by atoms with van der Waals surface area (Å²) in [5.41, 5.74) is 3.12. The second kappa shape index (κ2) is 7.46. The molecule has 2 rings (SSSR count). The maximum absolute atomic E-state index is 11.9. The summed E-state index contributed by atoms with van der Waals surface area (Å²) < 4.78 is 0. The van der Waals surface area contributed by atoms with Gasteiger partial charge in [-0.2, -0.15) is 0 Å². The molecule has 0 aromatic heterocycles. The number of rotatable bonds is 6. The van der Waals surface area contributed by atoms with E-state index in [9.17, 15) is 15.0 Å². The largest absolute Gasteiger partial charge is 0.504 e. The number of phenols is 2. The zero-order chi connectivity index (χ0) is 15.9. The number of aryl methyl sites for hydroxylation is 2. The highest BCUT2D eigenvalue weighted by atomic mass is 16.3. The van der Waals surface area contributed by atoms with Crippen molar-refractivity contribution < 1.29 is 15.0 Å². The van der Waals surface area contributed by atoms with Crippen LogP contribution in [0.1, 0.15) is 30.0 Å². The molecular weight excluding hydrogens is 276 g/mol. The molecule has 0 bridgehead atoms. The Hall–Kier alpha value is -2.55. The van der Waals surface area contributed by atoms with E-state index in [4.69, 9.17) is 0 Å². The van der Waals surface area contributed by atoms with Crippen LogP contribution in [-0.2, 0) is 17.6 Å². The molecule has 2 aromatic carbocycles. The maximum atomic E-state index is 11.9. The lowest BCUT2D eigenvalue weighted by atomic mass is 10.0. The summed E-state index contributed by atoms with van der Waals surface area (Å²) in [4.78, 5) is 11.9. The Labute approximate surface area is 130 Å². The van der Waals surface area contributed by atoms with E-state index in [-0.39, 0.29) is 17.3 Å². The normalized spacial score (nSPS) is 11.0. The highest BCUT2D eigenvalue weighted by Gasteiger charge is 2.01. The van der Waals surface area contributed by atoms with Gasteiger partial charge in [-0.3, -0.25) is 4.79 Å². The molecule has 0 spiro atoms. The minimum atomic E-state index is -0.189. The van der Waals surface area contributed by atoms with E-state index >= 15 is 0 Å². The van der Waals surface area contributed by atoms with Crippen LogP contribution in [0.5, 0.6) is 11.5 Å². The first kappa shape index (κ1) is 15.8. The van der Waals surface area contributed by atoms with Crippen molar-refractivity contribution >= 4 is 11.9 Å². The second-order valence-corrected chi connectivity index (χ2v) is 5.22. The van der Waals surface area contributed by atoms with Gasteiger partial charge in [-0.25, -0.2) is 0 Å². The molecule has 2 aromatic rings. The number of carbonyl (C=O) groups is 1. The highest BCUT2D eigenvalue weighted by molar-refractivity contribution is 5.93. The summed E-state index contributed by atoms with van der Waals surface area (Å²) in [6, 6.07) is 12.8. The first-order valence-corrected chi connectivity index (χ1v) is 7.39. The molecule has 3 heteroatoms. The third-order valence-electron chi connectivity index (χ3n) is 3.55. The molecule has 0 amide bonds. The molecule has 2 N–H and O–H groups in total. The molecule has 0 atom stereocenters. The second-order valence-electron chi connectivity index (χ2n) is 5.22.